The highest BCUT2D eigenvalue weighted by atomic mass is 15.2. The van der Waals surface area contributed by atoms with Gasteiger partial charge in [0.2, 0.25) is 0 Å². The number of hydrogen-bond donors (Lipinski definition) is 1. The van der Waals surface area contributed by atoms with Crippen LogP contribution in [0.5, 0.6) is 0 Å². The molecule has 1 atom stereocenters. The zero-order valence-corrected chi connectivity index (χ0v) is 12.3. The van der Waals surface area contributed by atoms with Crippen molar-refractivity contribution in [3.8, 4) is 0 Å². The fraction of sp³-hybridized carbons (Fsp3) is 0.438. The van der Waals surface area contributed by atoms with Crippen molar-refractivity contribution in [2.45, 2.75) is 33.2 Å². The van der Waals surface area contributed by atoms with Crippen LogP contribution in [0.3, 0.4) is 0 Å². The van der Waals surface area contributed by atoms with Crippen LogP contribution in [-0.4, -0.2) is 16.3 Å². The molecule has 1 aromatic heterocycles. The highest BCUT2D eigenvalue weighted by Gasteiger charge is 2.08. The summed E-state index contributed by atoms with van der Waals surface area (Å²) in [6.45, 7) is 7.49. The van der Waals surface area contributed by atoms with Crippen LogP contribution in [0.1, 0.15) is 35.3 Å². The first-order chi connectivity index (χ1) is 9.06. The zero-order chi connectivity index (χ0) is 13.8. The van der Waals surface area contributed by atoms with Gasteiger partial charge in [0.1, 0.15) is 0 Å². The molecule has 0 aliphatic heterocycles. The minimum Gasteiger partial charge on any atom is -0.310 e. The predicted octanol–water partition coefficient (Wildman–Crippen LogP) is 2.93. The maximum absolute atomic E-state index is 4.39. The van der Waals surface area contributed by atoms with Gasteiger partial charge in [0, 0.05) is 32.3 Å². The van der Waals surface area contributed by atoms with E-state index in [0.717, 1.165) is 18.7 Å². The van der Waals surface area contributed by atoms with Crippen molar-refractivity contribution in [2.75, 3.05) is 6.54 Å². The Kier molecular flexibility index (Phi) is 4.38. The van der Waals surface area contributed by atoms with Crippen molar-refractivity contribution in [1.29, 1.82) is 0 Å². The highest BCUT2D eigenvalue weighted by molar-refractivity contribution is 5.32. The topological polar surface area (TPSA) is 29.9 Å². The monoisotopic (exact) mass is 257 g/mol. The molecular weight excluding hydrogens is 234 g/mol. The lowest BCUT2D eigenvalue weighted by molar-refractivity contribution is 0.568. The van der Waals surface area contributed by atoms with E-state index in [0.29, 0.717) is 6.04 Å². The van der Waals surface area contributed by atoms with E-state index >= 15 is 0 Å². The van der Waals surface area contributed by atoms with Crippen molar-refractivity contribution in [2.24, 2.45) is 7.05 Å². The van der Waals surface area contributed by atoms with Gasteiger partial charge in [-0.25, -0.2) is 0 Å². The summed E-state index contributed by atoms with van der Waals surface area (Å²) >= 11 is 0. The van der Waals surface area contributed by atoms with Crippen LogP contribution in [0.2, 0.25) is 0 Å². The first kappa shape index (κ1) is 13.8. The van der Waals surface area contributed by atoms with Crippen molar-refractivity contribution in [3.05, 3.63) is 52.8 Å². The molecule has 0 saturated heterocycles. The summed E-state index contributed by atoms with van der Waals surface area (Å²) < 4.78 is 1.85. The van der Waals surface area contributed by atoms with Gasteiger partial charge in [-0.05, 0) is 38.0 Å². The minimum absolute atomic E-state index is 0.378. The molecule has 0 radical (unpaired) electrons. The van der Waals surface area contributed by atoms with E-state index in [1.165, 1.54) is 16.7 Å². The van der Waals surface area contributed by atoms with E-state index in [4.69, 9.17) is 0 Å². The lowest BCUT2D eigenvalue weighted by atomic mass is 10.00. The molecule has 0 aliphatic carbocycles. The van der Waals surface area contributed by atoms with Crippen molar-refractivity contribution in [3.63, 3.8) is 0 Å². The number of aromatic nitrogens is 2. The second-order valence-electron chi connectivity index (χ2n) is 5.27. The van der Waals surface area contributed by atoms with Gasteiger partial charge in [-0.1, -0.05) is 23.8 Å². The molecule has 0 fully saturated rings. The molecule has 0 saturated carbocycles. The normalized spacial score (nSPS) is 12.6. The Morgan fingerprint density at radius 3 is 2.74 bits per heavy atom. The smallest absolute Gasteiger partial charge is 0.0637 e. The molecule has 0 spiro atoms. The number of benzene rings is 1. The third-order valence-electron chi connectivity index (χ3n) is 3.50. The van der Waals surface area contributed by atoms with Crippen LogP contribution in [-0.2, 0) is 13.5 Å². The second kappa shape index (κ2) is 6.02. The third kappa shape index (κ3) is 3.67. The molecule has 1 N–H and O–H groups in total. The van der Waals surface area contributed by atoms with Crippen LogP contribution in [0.15, 0.2) is 30.5 Å². The van der Waals surface area contributed by atoms with Crippen molar-refractivity contribution in [1.82, 2.24) is 15.1 Å². The summed E-state index contributed by atoms with van der Waals surface area (Å²) in [5.41, 5.74) is 5.20. The predicted molar refractivity (Wildman–Crippen MR) is 79.2 cm³/mol. The molecule has 0 bridgehead atoms. The van der Waals surface area contributed by atoms with E-state index in [1.807, 2.05) is 17.9 Å². The van der Waals surface area contributed by atoms with Crippen LogP contribution < -0.4 is 5.32 Å². The molecule has 102 valence electrons. The Labute approximate surface area is 115 Å². The fourth-order valence-electron chi connectivity index (χ4n) is 2.35. The summed E-state index contributed by atoms with van der Waals surface area (Å²) in [6, 6.07) is 9.09. The molecule has 1 heterocycles. The molecule has 0 amide bonds. The maximum atomic E-state index is 4.39. The number of nitrogens with one attached hydrogen (secondary N) is 1. The summed E-state index contributed by atoms with van der Waals surface area (Å²) in [4.78, 5) is 0. The Hall–Kier alpha value is -1.61. The number of rotatable bonds is 5. The SMILES string of the molecule is Cc1ccc(C)c(C(C)NCCc2ccn(C)n2)c1. The number of nitrogens with zero attached hydrogens (tertiary/aromatic N) is 2. The molecule has 3 heteroatoms. The number of hydrogen-bond acceptors (Lipinski definition) is 2. The lowest BCUT2D eigenvalue weighted by Gasteiger charge is -2.17. The Morgan fingerprint density at radius 1 is 1.26 bits per heavy atom. The zero-order valence-electron chi connectivity index (χ0n) is 12.3. The first-order valence-electron chi connectivity index (χ1n) is 6.85. The van der Waals surface area contributed by atoms with Crippen LogP contribution >= 0.6 is 0 Å². The largest absolute Gasteiger partial charge is 0.310 e. The molecule has 0 aliphatic rings. The average Bonchev–Trinajstić information content (AvgIpc) is 2.78. The summed E-state index contributed by atoms with van der Waals surface area (Å²) in [5, 5.41) is 7.96. The van der Waals surface area contributed by atoms with Gasteiger partial charge < -0.3 is 5.32 Å². The average molecular weight is 257 g/mol. The first-order valence-corrected chi connectivity index (χ1v) is 6.85. The number of aryl methyl sites for hydroxylation is 3. The molecule has 1 aromatic carbocycles. The van der Waals surface area contributed by atoms with Gasteiger partial charge in [0.15, 0.2) is 0 Å². The summed E-state index contributed by atoms with van der Waals surface area (Å²) in [6.07, 6.45) is 2.96. The van der Waals surface area contributed by atoms with Gasteiger partial charge >= 0.3 is 0 Å². The van der Waals surface area contributed by atoms with E-state index < -0.39 is 0 Å². The Balaban J connectivity index is 1.90. The third-order valence-corrected chi connectivity index (χ3v) is 3.50. The summed E-state index contributed by atoms with van der Waals surface area (Å²) in [5.74, 6) is 0. The molecule has 3 nitrogen and oxygen atoms in total. The van der Waals surface area contributed by atoms with E-state index in [2.05, 4.69) is 55.5 Å². The highest BCUT2D eigenvalue weighted by Crippen LogP contribution is 2.18. The van der Waals surface area contributed by atoms with Gasteiger partial charge in [-0.2, -0.15) is 5.10 Å². The van der Waals surface area contributed by atoms with E-state index in [1.54, 1.807) is 0 Å². The van der Waals surface area contributed by atoms with Gasteiger partial charge in [-0.3, -0.25) is 4.68 Å². The second-order valence-corrected chi connectivity index (χ2v) is 5.27. The molecule has 1 unspecified atom stereocenters. The van der Waals surface area contributed by atoms with Crippen LogP contribution in [0.4, 0.5) is 0 Å². The minimum atomic E-state index is 0.378. The van der Waals surface area contributed by atoms with E-state index in [-0.39, 0.29) is 0 Å². The van der Waals surface area contributed by atoms with Crippen LogP contribution in [0, 0.1) is 13.8 Å². The fourth-order valence-corrected chi connectivity index (χ4v) is 2.35. The maximum Gasteiger partial charge on any atom is 0.0637 e. The van der Waals surface area contributed by atoms with Crippen LogP contribution in [0.25, 0.3) is 0 Å². The molecular formula is C16H23N3. The lowest BCUT2D eigenvalue weighted by Crippen LogP contribution is -2.22. The Bertz CT molecular complexity index is 543. The van der Waals surface area contributed by atoms with E-state index in [9.17, 15) is 0 Å². The Morgan fingerprint density at radius 2 is 2.05 bits per heavy atom. The van der Waals surface area contributed by atoms with Gasteiger partial charge in [0.25, 0.3) is 0 Å². The molecule has 19 heavy (non-hydrogen) atoms. The van der Waals surface area contributed by atoms with Gasteiger partial charge in [-0.15, -0.1) is 0 Å². The van der Waals surface area contributed by atoms with Crippen molar-refractivity contribution >= 4 is 0 Å². The standard InChI is InChI=1S/C16H23N3/c1-12-5-6-13(2)16(11-12)14(3)17-9-7-15-8-10-19(4)18-15/h5-6,8,10-11,14,17H,7,9H2,1-4H3. The molecule has 2 aromatic rings. The summed E-state index contributed by atoms with van der Waals surface area (Å²) in [7, 11) is 1.95. The van der Waals surface area contributed by atoms with Crippen molar-refractivity contribution < 1.29 is 0 Å². The quantitative estimate of drug-likeness (QED) is 0.892. The van der Waals surface area contributed by atoms with Gasteiger partial charge in [0.05, 0.1) is 5.69 Å². The molecule has 2 rings (SSSR count).